The molecule has 14 rings (SSSR count). The second kappa shape index (κ2) is 36.4. The van der Waals surface area contributed by atoms with Gasteiger partial charge in [0.1, 0.15) is 107 Å². The molecule has 119 heavy (non-hydrogen) atoms. The molecule has 2 saturated heterocycles. The van der Waals surface area contributed by atoms with Crippen LogP contribution in [0.25, 0.3) is 11.1 Å². The predicted octanol–water partition coefficient (Wildman–Crippen LogP) is 2.54. The fourth-order valence-corrected chi connectivity index (χ4v) is 15.2. The molecule has 3 unspecified atom stereocenters. The Kier molecular flexibility index (Phi) is 26.6. The fraction of sp³-hybridized carbons (Fsp3) is 0.400. The van der Waals surface area contributed by atoms with Crippen LogP contribution in [-0.4, -0.2) is 219 Å². The number of ether oxygens (including phenoxy) is 7. The Balaban J connectivity index is 1.05. The summed E-state index contributed by atoms with van der Waals surface area (Å²) in [5.41, 5.74) is 2.90. The third kappa shape index (κ3) is 19.2. The number of aromatic hydroxyl groups is 3. The molecular weight excluding hydrogens is 1600 g/mol. The smallest absolute Gasteiger partial charge is 0.330 e. The zero-order chi connectivity index (χ0) is 85.9. The number of aliphatic hydroxyl groups excluding tert-OH is 6. The van der Waals surface area contributed by atoms with E-state index < -0.39 is 248 Å². The van der Waals surface area contributed by atoms with Crippen molar-refractivity contribution >= 4 is 76.4 Å². The number of rotatable bonds is 20. The van der Waals surface area contributed by atoms with Crippen molar-refractivity contribution < 1.29 is 127 Å². The second-order valence-corrected chi connectivity index (χ2v) is 30.9. The predicted molar refractivity (Wildman–Crippen MR) is 416 cm³/mol. The molecule has 2 fully saturated rings. The molecule has 0 saturated carbocycles. The van der Waals surface area contributed by atoms with Crippen LogP contribution >= 0.6 is 23.2 Å². The molecule has 20 N–H and O–H groups in total. The Labute approximate surface area is 688 Å². The summed E-state index contributed by atoms with van der Waals surface area (Å²) in [4.78, 5) is 144. The van der Waals surface area contributed by atoms with E-state index in [0.29, 0.717) is 11.4 Å². The van der Waals surface area contributed by atoms with Gasteiger partial charge in [0.05, 0.1) is 54.4 Å². The molecule has 7 aliphatic rings. The maximum atomic E-state index is 16.4. The highest BCUT2D eigenvalue weighted by Gasteiger charge is 2.50. The number of aromatic nitrogens is 2. The van der Waals surface area contributed by atoms with E-state index >= 15 is 28.8 Å². The van der Waals surface area contributed by atoms with Crippen LogP contribution in [0.3, 0.4) is 0 Å². The lowest BCUT2D eigenvalue weighted by Crippen LogP contribution is -2.63. The van der Waals surface area contributed by atoms with E-state index in [4.69, 9.17) is 62.1 Å². The molecule has 7 aliphatic heterocycles. The number of carboxylic acids is 1. The fourth-order valence-electron chi connectivity index (χ4n) is 14.8. The number of nitrogens with zero attached hydrogens (tertiary/aromatic N) is 2. The molecule has 18 atom stereocenters. The maximum absolute atomic E-state index is 16.4. The van der Waals surface area contributed by atoms with Crippen LogP contribution < -0.4 is 61.9 Å². The minimum Gasteiger partial charge on any atom is -0.508 e. The van der Waals surface area contributed by atoms with Crippen LogP contribution in [0.15, 0.2) is 116 Å². The van der Waals surface area contributed by atoms with Gasteiger partial charge in [0.25, 0.3) is 0 Å². The van der Waals surface area contributed by atoms with E-state index in [1.807, 2.05) is 0 Å². The number of methoxy groups -OCH3 is 1. The number of phenols is 3. The molecular formula is C80H89Cl2N11O26. The van der Waals surface area contributed by atoms with Crippen LogP contribution in [0.4, 0.5) is 0 Å². The van der Waals surface area contributed by atoms with Crippen LogP contribution in [0.1, 0.15) is 123 Å². The SMILES string of the molecule is COc1ccc(CCC(=O)N(C)[C@H](CC(C)C)C(=O)N[C@H]2C(=O)N[C@@H](CC(N)=O)C(=O)N[C@H]3C(=O)N[C@H]4C(=O)NC(C(=O)N[C@@H](C(=O)O)c5cc(O)cc(O)c5-c5cc4ccc5O)C(O[C@H]4C[C@](C)(NCc5c[nH]cn5)[C@@H](O)[C@H](C)O4)c4ccc(c(Cl)c4)Oc4cc3cc(c4OC3O[C@H](CO)[C@@H](O)[C@H](O)[C@H]3O)Oc3ccc(cc3Cl)[C@H]2O)cc1. The Morgan fingerprint density at radius 3 is 2.01 bits per heavy atom. The number of aliphatic carboxylic acids is 1. The van der Waals surface area contributed by atoms with Gasteiger partial charge in [-0.15, -0.1) is 0 Å². The maximum Gasteiger partial charge on any atom is 0.330 e. The molecule has 6 aromatic carbocycles. The number of halogens is 2. The summed E-state index contributed by atoms with van der Waals surface area (Å²) in [6, 6.07) is 5.67. The molecule has 1 aromatic heterocycles. The number of fused-ring (bicyclic) bond motifs is 15. The second-order valence-electron chi connectivity index (χ2n) is 30.1. The van der Waals surface area contributed by atoms with E-state index in [1.165, 1.54) is 56.6 Å². The van der Waals surface area contributed by atoms with E-state index in [0.717, 1.165) is 60.2 Å². The number of hydrogen-bond acceptors (Lipinski definition) is 27. The number of phenolic OH excluding ortho intramolecular Hbond substituents is 3. The Morgan fingerprint density at radius 1 is 0.731 bits per heavy atom. The molecule has 37 nitrogen and oxygen atoms in total. The highest BCUT2D eigenvalue weighted by Crippen LogP contribution is 2.50. The number of carboxylic acid groups (broad SMARTS) is 1. The number of benzene rings is 6. The number of aliphatic hydroxyl groups is 6. The summed E-state index contributed by atoms with van der Waals surface area (Å²) < 4.78 is 44.0. The highest BCUT2D eigenvalue weighted by atomic mass is 35.5. The van der Waals surface area contributed by atoms with Crippen LogP contribution in [0.5, 0.6) is 51.7 Å². The summed E-state index contributed by atoms with van der Waals surface area (Å²) in [5.74, 6) is -16.7. The highest BCUT2D eigenvalue weighted by molar-refractivity contribution is 6.32. The zero-order valence-corrected chi connectivity index (χ0v) is 66.1. The van der Waals surface area contributed by atoms with Crippen LogP contribution in [0.2, 0.25) is 10.0 Å². The first-order valence-corrected chi connectivity index (χ1v) is 38.4. The van der Waals surface area contributed by atoms with Crippen LogP contribution in [0, 0.1) is 5.92 Å². The van der Waals surface area contributed by atoms with Gasteiger partial charge in [-0.25, -0.2) is 9.78 Å². The van der Waals surface area contributed by atoms with Gasteiger partial charge in [-0.05, 0) is 127 Å². The first-order chi connectivity index (χ1) is 56.5. The number of primary amides is 1. The Bertz CT molecular complexity index is 5010. The first-order valence-electron chi connectivity index (χ1n) is 37.6. The first kappa shape index (κ1) is 86.9. The summed E-state index contributed by atoms with van der Waals surface area (Å²) >= 11 is 14.5. The van der Waals surface area contributed by atoms with Gasteiger partial charge < -0.3 is 137 Å². The number of nitrogens with two attached hydrogens (primary N) is 1. The molecule has 0 spiro atoms. The summed E-state index contributed by atoms with van der Waals surface area (Å²) in [5, 5.41) is 132. The lowest BCUT2D eigenvalue weighted by molar-refractivity contribution is -0.277. The van der Waals surface area contributed by atoms with Crippen molar-refractivity contribution in [3.63, 3.8) is 0 Å². The van der Waals surface area contributed by atoms with Gasteiger partial charge in [-0.3, -0.25) is 38.4 Å². The number of aryl methyl sites for hydroxylation is 1. The molecule has 11 bridgehead atoms. The van der Waals surface area contributed by atoms with E-state index in [2.05, 4.69) is 47.2 Å². The number of amides is 8. The number of carbonyl (C=O) groups excluding carboxylic acids is 8. The average molecular weight is 1690 g/mol. The summed E-state index contributed by atoms with van der Waals surface area (Å²) in [7, 11) is 2.87. The van der Waals surface area contributed by atoms with Crippen molar-refractivity contribution in [3.05, 3.63) is 165 Å². The van der Waals surface area contributed by atoms with Gasteiger partial charge >= 0.3 is 5.97 Å². The van der Waals surface area contributed by atoms with Crippen molar-refractivity contribution in [2.45, 2.75) is 176 Å². The third-order valence-electron chi connectivity index (χ3n) is 21.2. The molecule has 8 amide bonds. The number of H-pyrrole nitrogens is 1. The van der Waals surface area contributed by atoms with Crippen molar-refractivity contribution in [2.75, 3.05) is 20.8 Å². The number of hydrogen-bond donors (Lipinski definition) is 19. The third-order valence-corrected chi connectivity index (χ3v) is 21.8. The molecule has 8 heterocycles. The number of carbonyl (C=O) groups is 9. The minimum absolute atomic E-state index is 0.0190. The normalized spacial score (nSPS) is 26.7. The molecule has 634 valence electrons. The summed E-state index contributed by atoms with van der Waals surface area (Å²) in [6.45, 7) is 5.76. The van der Waals surface area contributed by atoms with Crippen molar-refractivity contribution in [3.8, 4) is 62.9 Å². The van der Waals surface area contributed by atoms with Crippen molar-refractivity contribution in [1.82, 2.24) is 52.1 Å². The number of likely N-dealkylation sites (N-methyl/N-ethyl adjacent to an activating group) is 1. The number of imidazole rings is 1. The van der Waals surface area contributed by atoms with Gasteiger partial charge in [-0.2, -0.15) is 0 Å². The Morgan fingerprint density at radius 2 is 1.38 bits per heavy atom. The molecule has 0 radical (unpaired) electrons. The molecule has 0 aliphatic carbocycles. The molecule has 39 heteroatoms. The zero-order valence-electron chi connectivity index (χ0n) is 64.5. The summed E-state index contributed by atoms with van der Waals surface area (Å²) in [6.07, 6.45) is -16.4. The largest absolute Gasteiger partial charge is 0.508 e. The number of aromatic amines is 1. The topological polar surface area (TPSA) is 563 Å². The average Bonchev–Trinajstić information content (AvgIpc) is 1.10. The lowest BCUT2D eigenvalue weighted by Gasteiger charge is -2.46. The van der Waals surface area contributed by atoms with Crippen LogP contribution in [-0.2, 0) is 70.3 Å². The lowest BCUT2D eigenvalue weighted by atomic mass is 9.85. The quantitative estimate of drug-likeness (QED) is 0.0521. The van der Waals surface area contributed by atoms with Gasteiger partial charge in [-0.1, -0.05) is 67.4 Å². The standard InChI is InChI=1S/C80H89Cl2N11O26/c1-33(2)19-48(93(5)57(99)18-9-35-7-13-42(113-6)14-8-35)73(106)91-63-65(100)37-11-16-51(45(81)21-37)115-53-23-39-24-54(70(53)119-79-68(103)67(102)66(101)55(31-94)117-79)116-52-17-12-38(22-46(52)82)69(118-58-28-80(4,71(104)34(3)114-58)86-30-40-29-84-32-85-40)64-77(110)90-62(78(111)112)44-25-41(95)26-50(97)59(44)43-20-36(10-15-49(43)96)60(74(107)92-64)89-75(108)61(39)88-72(105)47(27-56(83)98)87-76(63)109/h7-8,10-17,20-26,29,32-34,47-48,55,58,60-69,71,79,86,94-97,100-104H,9,18-19,27-28,30-31H2,1-6H3,(H2,83,98)(H,84,85)(H,87,109)(H,88,105)(H,89,108)(H,90,110)(H,91,106)(H,92,107)(H,111,112)/t34-,47-,48+,55+,58-,60+,61+,62+,63+,64?,65+,66+,67-,68+,69?,71-,79?,80-/m0/s1. The monoisotopic (exact) mass is 1690 g/mol. The van der Waals surface area contributed by atoms with E-state index in [1.54, 1.807) is 51.2 Å². The van der Waals surface area contributed by atoms with E-state index in [9.17, 15) is 65.4 Å². The molecule has 7 aromatic rings. The number of nitrogens with one attached hydrogen (secondary N) is 8. The van der Waals surface area contributed by atoms with Gasteiger partial charge in [0.2, 0.25) is 59.3 Å². The Hall–Kier alpha value is -11.5. The van der Waals surface area contributed by atoms with Gasteiger partial charge in [0, 0.05) is 60.9 Å². The van der Waals surface area contributed by atoms with Gasteiger partial charge in [0.15, 0.2) is 23.8 Å². The minimum atomic E-state index is -2.41. The van der Waals surface area contributed by atoms with Crippen molar-refractivity contribution in [1.29, 1.82) is 0 Å². The van der Waals surface area contributed by atoms with Crippen molar-refractivity contribution in [2.24, 2.45) is 11.7 Å². The van der Waals surface area contributed by atoms with E-state index in [-0.39, 0.29) is 60.6 Å².